The topological polar surface area (TPSA) is 26.3 Å². The molecule has 0 heterocycles. The zero-order chi connectivity index (χ0) is 11.2. The van der Waals surface area contributed by atoms with Crippen LogP contribution in [0.4, 0.5) is 0 Å². The Bertz CT molecular complexity index is 236. The van der Waals surface area contributed by atoms with E-state index in [2.05, 4.69) is 32.3 Å². The highest BCUT2D eigenvalue weighted by atomic mass is 28.3. The van der Waals surface area contributed by atoms with Gasteiger partial charge in [0.05, 0.1) is 0 Å². The van der Waals surface area contributed by atoms with Crippen molar-refractivity contribution in [2.45, 2.75) is 32.6 Å². The van der Waals surface area contributed by atoms with Gasteiger partial charge in [0, 0.05) is 13.6 Å². The van der Waals surface area contributed by atoms with Gasteiger partial charge in [-0.05, 0) is 13.0 Å². The van der Waals surface area contributed by atoms with Crippen LogP contribution in [0.1, 0.15) is 6.92 Å². The summed E-state index contributed by atoms with van der Waals surface area (Å²) < 4.78 is 4.91. The summed E-state index contributed by atoms with van der Waals surface area (Å²) in [4.78, 5) is 11.0. The minimum absolute atomic E-state index is 0.317. The number of carbonyl (C=O) groups is 1. The first-order valence-corrected chi connectivity index (χ1v) is 8.51. The van der Waals surface area contributed by atoms with E-state index in [4.69, 9.17) is 4.74 Å². The largest absolute Gasteiger partial charge is 0.458 e. The van der Waals surface area contributed by atoms with Crippen LogP contribution in [-0.2, 0) is 9.53 Å². The second kappa shape index (κ2) is 5.80. The number of rotatable bonds is 5. The van der Waals surface area contributed by atoms with Crippen molar-refractivity contribution in [2.24, 2.45) is 0 Å². The van der Waals surface area contributed by atoms with Crippen LogP contribution in [0, 0.1) is 0 Å². The zero-order valence-electron chi connectivity index (χ0n) is 9.59. The Morgan fingerprint density at radius 1 is 1.36 bits per heavy atom. The molecule has 0 saturated heterocycles. The smallest absolute Gasteiger partial charge is 0.333 e. The van der Waals surface area contributed by atoms with Crippen molar-refractivity contribution in [1.29, 1.82) is 0 Å². The van der Waals surface area contributed by atoms with Crippen molar-refractivity contribution < 1.29 is 9.53 Å². The summed E-state index contributed by atoms with van der Waals surface area (Å²) in [6, 6.07) is 1.12. The van der Waals surface area contributed by atoms with Gasteiger partial charge in [-0.25, -0.2) is 4.79 Å². The Morgan fingerprint density at radius 2 is 1.93 bits per heavy atom. The third-order valence-electron chi connectivity index (χ3n) is 1.56. The molecule has 0 aliphatic heterocycles. The molecular formula is C11H20O2Si. The standard InChI is InChI=1S/C11H20O2Si/c1-10(2)11(12)13-8-6-7-9-14(3,4)5/h6-7H,1,8-9H2,2-5H3. The average molecular weight is 212 g/mol. The minimum Gasteiger partial charge on any atom is -0.458 e. The van der Waals surface area contributed by atoms with Gasteiger partial charge in [0.1, 0.15) is 6.61 Å². The van der Waals surface area contributed by atoms with E-state index in [0.717, 1.165) is 6.04 Å². The predicted molar refractivity (Wildman–Crippen MR) is 63.1 cm³/mol. The van der Waals surface area contributed by atoms with Crippen LogP contribution in [0.25, 0.3) is 0 Å². The molecule has 0 spiro atoms. The number of carbonyl (C=O) groups excluding carboxylic acids is 1. The normalized spacial score (nSPS) is 11.7. The monoisotopic (exact) mass is 212 g/mol. The molecule has 0 aromatic carbocycles. The molecule has 0 N–H and O–H groups in total. The van der Waals surface area contributed by atoms with Crippen LogP contribution in [0.5, 0.6) is 0 Å². The molecule has 14 heavy (non-hydrogen) atoms. The van der Waals surface area contributed by atoms with E-state index in [1.165, 1.54) is 0 Å². The molecule has 0 aromatic heterocycles. The second-order valence-electron chi connectivity index (χ2n) is 4.61. The Kier molecular flexibility index (Phi) is 5.46. The van der Waals surface area contributed by atoms with Gasteiger partial charge in [0.2, 0.25) is 0 Å². The van der Waals surface area contributed by atoms with E-state index < -0.39 is 8.07 Å². The van der Waals surface area contributed by atoms with E-state index in [-0.39, 0.29) is 5.97 Å². The van der Waals surface area contributed by atoms with Crippen molar-refractivity contribution in [2.75, 3.05) is 6.61 Å². The van der Waals surface area contributed by atoms with Crippen LogP contribution in [0.3, 0.4) is 0 Å². The average Bonchev–Trinajstić information content (AvgIpc) is 2.01. The Morgan fingerprint density at radius 3 is 2.36 bits per heavy atom. The van der Waals surface area contributed by atoms with Gasteiger partial charge >= 0.3 is 5.97 Å². The van der Waals surface area contributed by atoms with E-state index in [1.54, 1.807) is 6.92 Å². The van der Waals surface area contributed by atoms with E-state index in [0.29, 0.717) is 12.2 Å². The van der Waals surface area contributed by atoms with Gasteiger partial charge in [-0.15, -0.1) is 0 Å². The van der Waals surface area contributed by atoms with Crippen molar-refractivity contribution in [3.8, 4) is 0 Å². The number of esters is 1. The molecule has 3 heteroatoms. The van der Waals surface area contributed by atoms with Crippen molar-refractivity contribution in [3.63, 3.8) is 0 Å². The fourth-order valence-corrected chi connectivity index (χ4v) is 1.63. The predicted octanol–water partition coefficient (Wildman–Crippen LogP) is 3.00. The second-order valence-corrected chi connectivity index (χ2v) is 10.1. The fourth-order valence-electron chi connectivity index (χ4n) is 0.752. The van der Waals surface area contributed by atoms with Gasteiger partial charge in [0.25, 0.3) is 0 Å². The molecule has 0 rings (SSSR count). The number of ether oxygens (including phenoxy) is 1. The van der Waals surface area contributed by atoms with Crippen LogP contribution >= 0.6 is 0 Å². The quantitative estimate of drug-likeness (QED) is 0.303. The summed E-state index contributed by atoms with van der Waals surface area (Å²) >= 11 is 0. The summed E-state index contributed by atoms with van der Waals surface area (Å²) in [5, 5.41) is 0. The fraction of sp³-hybridized carbons (Fsp3) is 0.545. The van der Waals surface area contributed by atoms with Crippen molar-refractivity contribution in [3.05, 3.63) is 24.3 Å². The van der Waals surface area contributed by atoms with Crippen LogP contribution < -0.4 is 0 Å². The van der Waals surface area contributed by atoms with Crippen molar-refractivity contribution in [1.82, 2.24) is 0 Å². The lowest BCUT2D eigenvalue weighted by Gasteiger charge is -2.11. The summed E-state index contributed by atoms with van der Waals surface area (Å²) in [6.07, 6.45) is 4.00. The lowest BCUT2D eigenvalue weighted by atomic mass is 10.4. The molecule has 2 nitrogen and oxygen atoms in total. The molecule has 0 fully saturated rings. The highest BCUT2D eigenvalue weighted by molar-refractivity contribution is 6.76. The minimum atomic E-state index is -1.00. The third-order valence-corrected chi connectivity index (χ3v) is 3.02. The molecule has 0 aliphatic rings. The first-order chi connectivity index (χ1) is 6.33. The molecule has 0 atom stereocenters. The van der Waals surface area contributed by atoms with Gasteiger partial charge in [-0.2, -0.15) is 0 Å². The number of hydrogen-bond donors (Lipinski definition) is 0. The molecule has 0 radical (unpaired) electrons. The van der Waals surface area contributed by atoms with Gasteiger partial charge in [0.15, 0.2) is 0 Å². The molecule has 0 amide bonds. The highest BCUT2D eigenvalue weighted by Crippen LogP contribution is 2.08. The lowest BCUT2D eigenvalue weighted by Crippen LogP contribution is -2.17. The van der Waals surface area contributed by atoms with Crippen LogP contribution in [0.2, 0.25) is 25.7 Å². The summed E-state index contributed by atoms with van der Waals surface area (Å²) in [6.45, 7) is 12.4. The molecule has 80 valence electrons. The summed E-state index contributed by atoms with van der Waals surface area (Å²) in [5.41, 5.74) is 0.448. The maximum atomic E-state index is 11.0. The molecule has 0 aromatic rings. The van der Waals surface area contributed by atoms with E-state index in [1.807, 2.05) is 6.08 Å². The maximum absolute atomic E-state index is 11.0. The summed E-state index contributed by atoms with van der Waals surface area (Å²) in [5.74, 6) is -0.317. The zero-order valence-corrected chi connectivity index (χ0v) is 10.6. The highest BCUT2D eigenvalue weighted by Gasteiger charge is 2.09. The van der Waals surface area contributed by atoms with Crippen molar-refractivity contribution >= 4 is 14.0 Å². The molecule has 0 saturated carbocycles. The Labute approximate surface area is 87.7 Å². The summed E-state index contributed by atoms with van der Waals surface area (Å²) in [7, 11) is -1.00. The molecule has 0 aliphatic carbocycles. The van der Waals surface area contributed by atoms with Gasteiger partial charge in [-0.3, -0.25) is 0 Å². The SMILES string of the molecule is C=C(C)C(=O)OCC=CC[Si](C)(C)C. The van der Waals surface area contributed by atoms with Gasteiger partial charge < -0.3 is 4.74 Å². The van der Waals surface area contributed by atoms with E-state index >= 15 is 0 Å². The van der Waals surface area contributed by atoms with Gasteiger partial charge in [-0.1, -0.05) is 38.4 Å². The van der Waals surface area contributed by atoms with Crippen LogP contribution in [-0.4, -0.2) is 20.7 Å². The van der Waals surface area contributed by atoms with Crippen LogP contribution in [0.15, 0.2) is 24.3 Å². The Balaban J connectivity index is 3.65. The number of allylic oxidation sites excluding steroid dienone is 1. The first-order valence-electron chi connectivity index (χ1n) is 4.80. The lowest BCUT2D eigenvalue weighted by molar-refractivity contribution is -0.137. The van der Waals surface area contributed by atoms with E-state index in [9.17, 15) is 4.79 Å². The Hall–Kier alpha value is -0.833. The number of hydrogen-bond acceptors (Lipinski definition) is 2. The third kappa shape index (κ3) is 7.80. The molecule has 0 bridgehead atoms. The molecular weight excluding hydrogens is 192 g/mol. The maximum Gasteiger partial charge on any atom is 0.333 e. The first kappa shape index (κ1) is 13.2. The molecule has 0 unspecified atom stereocenters.